The van der Waals surface area contributed by atoms with Gasteiger partial charge in [-0.2, -0.15) is 13.2 Å². The van der Waals surface area contributed by atoms with Crippen LogP contribution in [-0.4, -0.2) is 18.2 Å². The van der Waals surface area contributed by atoms with Gasteiger partial charge in [-0.15, -0.1) is 0 Å². The summed E-state index contributed by atoms with van der Waals surface area (Å²) in [6, 6.07) is 0. The van der Waals surface area contributed by atoms with Crippen molar-refractivity contribution in [3.8, 4) is 0 Å². The molecule has 0 aromatic rings. The molecule has 0 aromatic heterocycles. The highest BCUT2D eigenvalue weighted by atomic mass is 19.4. The Morgan fingerprint density at radius 1 is 1.50 bits per heavy atom. The van der Waals surface area contributed by atoms with Crippen LogP contribution in [0.3, 0.4) is 0 Å². The predicted molar refractivity (Wildman–Crippen MR) is 36.5 cm³/mol. The van der Waals surface area contributed by atoms with Gasteiger partial charge in [-0.25, -0.2) is 0 Å². The monoisotopic (exact) mass is 184 g/mol. The van der Waals surface area contributed by atoms with E-state index in [4.69, 9.17) is 0 Å². The minimum absolute atomic E-state index is 0.0282. The molecule has 1 unspecified atom stereocenters. The molecule has 0 heterocycles. The molecule has 0 fully saturated rings. The van der Waals surface area contributed by atoms with Crippen LogP contribution in [0.15, 0.2) is 0 Å². The number of hydrogen-bond donors (Lipinski definition) is 0. The molecule has 2 nitrogen and oxygen atoms in total. The molecule has 0 aliphatic rings. The summed E-state index contributed by atoms with van der Waals surface area (Å²) in [7, 11) is 0. The first-order valence-corrected chi connectivity index (χ1v) is 3.64. The number of rotatable bonds is 3. The predicted octanol–water partition coefficient (Wildman–Crippen LogP) is 2.28. The second-order valence-electron chi connectivity index (χ2n) is 2.42. The standard InChI is InChI=1S/C7H11F3O2/c1-3-4-6(11)12-5(2)7(8,9)10/h5H,3-4H2,1-2H3. The highest BCUT2D eigenvalue weighted by Crippen LogP contribution is 2.22. The van der Waals surface area contributed by atoms with Crippen molar-refractivity contribution in [1.29, 1.82) is 0 Å². The van der Waals surface area contributed by atoms with Crippen LogP contribution in [0.25, 0.3) is 0 Å². The molecule has 0 saturated heterocycles. The lowest BCUT2D eigenvalue weighted by Crippen LogP contribution is -2.30. The Hall–Kier alpha value is -0.740. The first kappa shape index (κ1) is 11.3. The van der Waals surface area contributed by atoms with Crippen LogP contribution in [0.1, 0.15) is 26.7 Å². The molecule has 0 spiro atoms. The van der Waals surface area contributed by atoms with Gasteiger partial charge in [0.1, 0.15) is 0 Å². The average molecular weight is 184 g/mol. The SMILES string of the molecule is CCCC(=O)OC(C)C(F)(F)F. The summed E-state index contributed by atoms with van der Waals surface area (Å²) in [6.07, 6.45) is -5.94. The number of ether oxygens (including phenoxy) is 1. The van der Waals surface area contributed by atoms with Crippen molar-refractivity contribution in [1.82, 2.24) is 0 Å². The van der Waals surface area contributed by atoms with Crippen molar-refractivity contribution >= 4 is 5.97 Å². The van der Waals surface area contributed by atoms with Crippen LogP contribution in [0, 0.1) is 0 Å². The molecule has 0 aliphatic heterocycles. The van der Waals surface area contributed by atoms with Gasteiger partial charge in [-0.05, 0) is 13.3 Å². The number of halogens is 3. The number of hydrogen-bond acceptors (Lipinski definition) is 2. The molecule has 0 saturated carbocycles. The molecule has 5 heteroatoms. The summed E-state index contributed by atoms with van der Waals surface area (Å²) in [5.41, 5.74) is 0. The maximum Gasteiger partial charge on any atom is 0.425 e. The lowest BCUT2D eigenvalue weighted by Gasteiger charge is -2.15. The van der Waals surface area contributed by atoms with Crippen LogP contribution >= 0.6 is 0 Å². The van der Waals surface area contributed by atoms with E-state index >= 15 is 0 Å². The molecule has 1 atom stereocenters. The van der Waals surface area contributed by atoms with E-state index in [1.54, 1.807) is 6.92 Å². The van der Waals surface area contributed by atoms with Gasteiger partial charge in [0.25, 0.3) is 0 Å². The summed E-state index contributed by atoms with van der Waals surface area (Å²) in [6.45, 7) is 2.51. The van der Waals surface area contributed by atoms with Crippen molar-refractivity contribution in [3.05, 3.63) is 0 Å². The van der Waals surface area contributed by atoms with Gasteiger partial charge < -0.3 is 4.74 Å². The molecule has 0 aromatic carbocycles. The van der Waals surface area contributed by atoms with Crippen LogP contribution in [-0.2, 0) is 9.53 Å². The Kier molecular flexibility index (Phi) is 4.06. The van der Waals surface area contributed by atoms with Crippen LogP contribution in [0.2, 0.25) is 0 Å². The van der Waals surface area contributed by atoms with E-state index in [-0.39, 0.29) is 6.42 Å². The van der Waals surface area contributed by atoms with Crippen molar-refractivity contribution in [3.63, 3.8) is 0 Å². The zero-order chi connectivity index (χ0) is 9.78. The second kappa shape index (κ2) is 4.33. The minimum Gasteiger partial charge on any atom is -0.453 e. The van der Waals surface area contributed by atoms with Crippen molar-refractivity contribution in [2.24, 2.45) is 0 Å². The molecule has 72 valence electrons. The molecule has 0 radical (unpaired) electrons. The van der Waals surface area contributed by atoms with E-state index in [0.29, 0.717) is 6.42 Å². The molecule has 0 aliphatic carbocycles. The Morgan fingerprint density at radius 2 is 2.00 bits per heavy atom. The van der Waals surface area contributed by atoms with Gasteiger partial charge in [-0.1, -0.05) is 6.92 Å². The zero-order valence-electron chi connectivity index (χ0n) is 6.94. The van der Waals surface area contributed by atoms with Gasteiger partial charge in [0.05, 0.1) is 0 Å². The van der Waals surface area contributed by atoms with Crippen LogP contribution < -0.4 is 0 Å². The summed E-state index contributed by atoms with van der Waals surface area (Å²) in [5.74, 6) is -0.803. The van der Waals surface area contributed by atoms with Gasteiger partial charge >= 0.3 is 12.1 Å². The summed E-state index contributed by atoms with van der Waals surface area (Å²) < 4.78 is 39.4. The van der Waals surface area contributed by atoms with Crippen molar-refractivity contribution in [2.45, 2.75) is 39.0 Å². The quantitative estimate of drug-likeness (QED) is 0.629. The third-order valence-electron chi connectivity index (χ3n) is 1.22. The van der Waals surface area contributed by atoms with Gasteiger partial charge in [0.15, 0.2) is 6.10 Å². The van der Waals surface area contributed by atoms with E-state index in [1.807, 2.05) is 0 Å². The fourth-order valence-corrected chi connectivity index (χ4v) is 0.527. The van der Waals surface area contributed by atoms with E-state index in [0.717, 1.165) is 6.92 Å². The largest absolute Gasteiger partial charge is 0.453 e. The fourth-order valence-electron chi connectivity index (χ4n) is 0.527. The normalized spacial score (nSPS) is 14.1. The summed E-state index contributed by atoms with van der Waals surface area (Å²) in [4.78, 5) is 10.6. The maximum atomic E-state index is 11.8. The topological polar surface area (TPSA) is 26.3 Å². The van der Waals surface area contributed by atoms with Crippen LogP contribution in [0.4, 0.5) is 13.2 Å². The van der Waals surface area contributed by atoms with E-state index in [1.165, 1.54) is 0 Å². The Morgan fingerprint density at radius 3 is 2.33 bits per heavy atom. The van der Waals surface area contributed by atoms with Crippen LogP contribution in [0.5, 0.6) is 0 Å². The Balaban J connectivity index is 3.84. The minimum atomic E-state index is -4.45. The third kappa shape index (κ3) is 4.20. The molecule has 0 amide bonds. The lowest BCUT2D eigenvalue weighted by atomic mass is 10.3. The molecular weight excluding hydrogens is 173 g/mol. The molecule has 0 rings (SSSR count). The average Bonchev–Trinajstić information content (AvgIpc) is 1.85. The number of alkyl halides is 3. The highest BCUT2D eigenvalue weighted by molar-refractivity contribution is 5.69. The third-order valence-corrected chi connectivity index (χ3v) is 1.22. The lowest BCUT2D eigenvalue weighted by molar-refractivity contribution is -0.216. The van der Waals surface area contributed by atoms with Crippen molar-refractivity contribution < 1.29 is 22.7 Å². The van der Waals surface area contributed by atoms with Gasteiger partial charge in [-0.3, -0.25) is 4.79 Å². The van der Waals surface area contributed by atoms with E-state index < -0.39 is 18.2 Å². The highest BCUT2D eigenvalue weighted by Gasteiger charge is 2.38. The first-order valence-electron chi connectivity index (χ1n) is 3.64. The fraction of sp³-hybridized carbons (Fsp3) is 0.857. The molecule has 0 bridgehead atoms. The molecular formula is C7H11F3O2. The second-order valence-corrected chi connectivity index (χ2v) is 2.42. The Labute approximate surface area is 68.7 Å². The maximum absolute atomic E-state index is 11.8. The summed E-state index contributed by atoms with van der Waals surface area (Å²) >= 11 is 0. The Bertz CT molecular complexity index is 153. The molecule has 12 heavy (non-hydrogen) atoms. The van der Waals surface area contributed by atoms with E-state index in [9.17, 15) is 18.0 Å². The van der Waals surface area contributed by atoms with E-state index in [2.05, 4.69) is 4.74 Å². The first-order chi connectivity index (χ1) is 5.38. The summed E-state index contributed by atoms with van der Waals surface area (Å²) in [5, 5.41) is 0. The molecule has 0 N–H and O–H groups in total. The zero-order valence-corrected chi connectivity index (χ0v) is 6.94. The smallest absolute Gasteiger partial charge is 0.425 e. The number of carbonyl (C=O) groups is 1. The van der Waals surface area contributed by atoms with Gasteiger partial charge in [0, 0.05) is 6.42 Å². The van der Waals surface area contributed by atoms with Crippen molar-refractivity contribution in [2.75, 3.05) is 0 Å². The number of carbonyl (C=O) groups excluding carboxylic acids is 1. The van der Waals surface area contributed by atoms with Gasteiger partial charge in [0.2, 0.25) is 0 Å². The number of esters is 1.